The van der Waals surface area contributed by atoms with Crippen molar-refractivity contribution in [1.29, 1.82) is 0 Å². The summed E-state index contributed by atoms with van der Waals surface area (Å²) in [5, 5.41) is 7.62. The summed E-state index contributed by atoms with van der Waals surface area (Å²) >= 11 is 0. The third-order valence-electron chi connectivity index (χ3n) is 3.12. The standard InChI is InChI=1S/C10H16ClN3O2S/c1-7(2)9-12-13-10(17(11,15)16)14(9)8-5-3-4-6-8/h7-8H,3-6H2,1-2H3. The second-order valence-corrected chi connectivity index (χ2v) is 7.20. The van der Waals surface area contributed by atoms with Gasteiger partial charge in [-0.25, -0.2) is 8.42 Å². The van der Waals surface area contributed by atoms with E-state index in [0.29, 0.717) is 5.82 Å². The van der Waals surface area contributed by atoms with Crippen molar-refractivity contribution in [3.8, 4) is 0 Å². The van der Waals surface area contributed by atoms with Gasteiger partial charge in [0.15, 0.2) is 0 Å². The van der Waals surface area contributed by atoms with Gasteiger partial charge in [0.25, 0.3) is 14.2 Å². The molecule has 7 heteroatoms. The minimum absolute atomic E-state index is 0.102. The van der Waals surface area contributed by atoms with Crippen molar-refractivity contribution in [2.45, 2.75) is 56.6 Å². The lowest BCUT2D eigenvalue weighted by molar-refractivity contribution is 0.447. The molecule has 5 nitrogen and oxygen atoms in total. The molecule has 1 saturated carbocycles. The predicted octanol–water partition coefficient (Wildman–Crippen LogP) is 2.44. The average Bonchev–Trinajstić information content (AvgIpc) is 2.84. The average molecular weight is 278 g/mol. The minimum atomic E-state index is -3.82. The SMILES string of the molecule is CC(C)c1nnc(S(=O)(=O)Cl)n1C1CCCC1. The highest BCUT2D eigenvalue weighted by Crippen LogP contribution is 2.34. The lowest BCUT2D eigenvalue weighted by Crippen LogP contribution is -2.15. The highest BCUT2D eigenvalue weighted by Gasteiger charge is 2.30. The van der Waals surface area contributed by atoms with Gasteiger partial charge < -0.3 is 0 Å². The first-order valence-corrected chi connectivity index (χ1v) is 8.11. The van der Waals surface area contributed by atoms with Gasteiger partial charge in [-0.3, -0.25) is 4.57 Å². The monoisotopic (exact) mass is 277 g/mol. The lowest BCUT2D eigenvalue weighted by Gasteiger charge is -2.17. The van der Waals surface area contributed by atoms with Crippen LogP contribution in [0.1, 0.15) is 57.3 Å². The van der Waals surface area contributed by atoms with E-state index in [4.69, 9.17) is 10.7 Å². The fourth-order valence-electron chi connectivity index (χ4n) is 2.35. The van der Waals surface area contributed by atoms with Crippen molar-refractivity contribution in [1.82, 2.24) is 14.8 Å². The smallest absolute Gasteiger partial charge is 0.296 e. The van der Waals surface area contributed by atoms with Crippen LogP contribution in [0, 0.1) is 0 Å². The zero-order chi connectivity index (χ0) is 12.6. The van der Waals surface area contributed by atoms with Crippen LogP contribution in [0.5, 0.6) is 0 Å². The molecule has 1 aromatic rings. The normalized spacial score (nSPS) is 18.1. The molecule has 1 aliphatic rings. The molecule has 1 fully saturated rings. The van der Waals surface area contributed by atoms with E-state index >= 15 is 0 Å². The van der Waals surface area contributed by atoms with Gasteiger partial charge in [0.05, 0.1) is 0 Å². The number of aromatic nitrogens is 3. The molecule has 2 rings (SSSR count). The number of halogens is 1. The molecule has 1 aliphatic carbocycles. The van der Waals surface area contributed by atoms with Crippen LogP contribution in [0.15, 0.2) is 5.16 Å². The van der Waals surface area contributed by atoms with Gasteiger partial charge in [0.1, 0.15) is 5.82 Å². The molecule has 17 heavy (non-hydrogen) atoms. The summed E-state index contributed by atoms with van der Waals surface area (Å²) in [6.45, 7) is 3.94. The van der Waals surface area contributed by atoms with E-state index < -0.39 is 9.05 Å². The molecular weight excluding hydrogens is 262 g/mol. The Morgan fingerprint density at radius 1 is 1.29 bits per heavy atom. The first-order chi connectivity index (χ1) is 7.91. The molecule has 0 spiro atoms. The molecule has 0 saturated heterocycles. The molecular formula is C10H16ClN3O2S. The van der Waals surface area contributed by atoms with E-state index in [1.54, 1.807) is 4.57 Å². The van der Waals surface area contributed by atoms with Crippen molar-refractivity contribution in [2.75, 3.05) is 0 Å². The fourth-order valence-corrected chi connectivity index (χ4v) is 3.29. The van der Waals surface area contributed by atoms with Crippen LogP contribution in [0.25, 0.3) is 0 Å². The molecule has 0 aromatic carbocycles. The molecule has 0 bridgehead atoms. The van der Waals surface area contributed by atoms with Gasteiger partial charge >= 0.3 is 0 Å². The molecule has 0 aliphatic heterocycles. The second-order valence-electron chi connectivity index (χ2n) is 4.74. The van der Waals surface area contributed by atoms with Gasteiger partial charge in [-0.2, -0.15) is 0 Å². The highest BCUT2D eigenvalue weighted by molar-refractivity contribution is 8.13. The Morgan fingerprint density at radius 3 is 2.35 bits per heavy atom. The fraction of sp³-hybridized carbons (Fsp3) is 0.800. The molecule has 0 N–H and O–H groups in total. The predicted molar refractivity (Wildman–Crippen MR) is 64.7 cm³/mol. The van der Waals surface area contributed by atoms with Gasteiger partial charge in [-0.05, 0) is 12.8 Å². The quantitative estimate of drug-likeness (QED) is 0.796. The van der Waals surface area contributed by atoms with Crippen LogP contribution in [0.2, 0.25) is 0 Å². The summed E-state index contributed by atoms with van der Waals surface area (Å²) in [5.74, 6) is 0.839. The molecule has 1 aromatic heterocycles. The van der Waals surface area contributed by atoms with Crippen LogP contribution in [0.3, 0.4) is 0 Å². The summed E-state index contributed by atoms with van der Waals surface area (Å²) in [4.78, 5) is 0. The Bertz CT molecular complexity index is 504. The number of rotatable bonds is 3. The Balaban J connectivity index is 2.54. The van der Waals surface area contributed by atoms with Crippen molar-refractivity contribution in [3.05, 3.63) is 5.82 Å². The maximum atomic E-state index is 11.5. The summed E-state index contributed by atoms with van der Waals surface area (Å²) < 4.78 is 24.7. The van der Waals surface area contributed by atoms with E-state index in [2.05, 4.69) is 10.2 Å². The summed E-state index contributed by atoms with van der Waals surface area (Å²) in [5.41, 5.74) is 0. The van der Waals surface area contributed by atoms with Crippen LogP contribution >= 0.6 is 10.7 Å². The van der Waals surface area contributed by atoms with E-state index in [9.17, 15) is 8.42 Å². The van der Waals surface area contributed by atoms with E-state index in [1.807, 2.05) is 13.8 Å². The van der Waals surface area contributed by atoms with E-state index in [-0.39, 0.29) is 17.1 Å². The van der Waals surface area contributed by atoms with Crippen LogP contribution < -0.4 is 0 Å². The van der Waals surface area contributed by atoms with E-state index in [1.165, 1.54) is 0 Å². The maximum absolute atomic E-state index is 11.5. The number of hydrogen-bond acceptors (Lipinski definition) is 4. The molecule has 0 radical (unpaired) electrons. The van der Waals surface area contributed by atoms with Gasteiger partial charge in [-0.1, -0.05) is 26.7 Å². The van der Waals surface area contributed by atoms with Crippen LogP contribution in [-0.4, -0.2) is 23.2 Å². The van der Waals surface area contributed by atoms with Crippen molar-refractivity contribution in [3.63, 3.8) is 0 Å². The highest BCUT2D eigenvalue weighted by atomic mass is 35.7. The minimum Gasteiger partial charge on any atom is -0.297 e. The number of nitrogens with zero attached hydrogens (tertiary/aromatic N) is 3. The lowest BCUT2D eigenvalue weighted by atomic mass is 10.2. The topological polar surface area (TPSA) is 64.8 Å². The van der Waals surface area contributed by atoms with Gasteiger partial charge in [-0.15, -0.1) is 10.2 Å². The van der Waals surface area contributed by atoms with Crippen LogP contribution in [-0.2, 0) is 9.05 Å². The molecule has 0 unspecified atom stereocenters. The largest absolute Gasteiger partial charge is 0.297 e. The van der Waals surface area contributed by atoms with Crippen molar-refractivity contribution in [2.24, 2.45) is 0 Å². The third-order valence-corrected chi connectivity index (χ3v) is 4.24. The Morgan fingerprint density at radius 2 is 1.88 bits per heavy atom. The first-order valence-electron chi connectivity index (χ1n) is 5.80. The summed E-state index contributed by atoms with van der Waals surface area (Å²) in [7, 11) is 1.59. The number of hydrogen-bond donors (Lipinski definition) is 0. The zero-order valence-electron chi connectivity index (χ0n) is 9.93. The Labute approximate surface area is 106 Å². The molecule has 1 heterocycles. The Kier molecular flexibility index (Phi) is 3.45. The molecule has 96 valence electrons. The third kappa shape index (κ3) is 2.47. The van der Waals surface area contributed by atoms with E-state index in [0.717, 1.165) is 25.7 Å². The second kappa shape index (κ2) is 4.57. The molecule has 0 atom stereocenters. The van der Waals surface area contributed by atoms with Crippen molar-refractivity contribution >= 4 is 19.7 Å². The molecule has 0 amide bonds. The van der Waals surface area contributed by atoms with Crippen LogP contribution in [0.4, 0.5) is 0 Å². The first kappa shape index (κ1) is 12.8. The summed E-state index contributed by atoms with van der Waals surface area (Å²) in [6.07, 6.45) is 4.17. The zero-order valence-corrected chi connectivity index (χ0v) is 11.5. The van der Waals surface area contributed by atoms with Gasteiger partial charge in [0, 0.05) is 22.6 Å². The maximum Gasteiger partial charge on any atom is 0.296 e. The van der Waals surface area contributed by atoms with Gasteiger partial charge in [0.2, 0.25) is 0 Å². The van der Waals surface area contributed by atoms with Crippen molar-refractivity contribution < 1.29 is 8.42 Å². The Hall–Kier alpha value is -0.620. The summed E-state index contributed by atoms with van der Waals surface area (Å²) in [6, 6.07) is 0.172.